The van der Waals surface area contributed by atoms with Crippen LogP contribution < -0.4 is 15.0 Å². The summed E-state index contributed by atoms with van der Waals surface area (Å²) in [6.45, 7) is 2.37. The van der Waals surface area contributed by atoms with Crippen LogP contribution in [0.5, 0.6) is 5.75 Å². The molecule has 108 valence electrons. The zero-order valence-corrected chi connectivity index (χ0v) is 11.8. The molecule has 1 aliphatic rings. The third-order valence-corrected chi connectivity index (χ3v) is 3.59. The third kappa shape index (κ3) is 3.34. The fraction of sp³-hybridized carbons (Fsp3) is 0.235. The molecular formula is C17H18N2O2. The Balaban J connectivity index is 1.46. The van der Waals surface area contributed by atoms with Gasteiger partial charge < -0.3 is 15.0 Å². The van der Waals surface area contributed by atoms with Crippen molar-refractivity contribution < 1.29 is 9.53 Å². The number of carbonyl (C=O) groups is 1. The second-order valence-corrected chi connectivity index (χ2v) is 5.00. The summed E-state index contributed by atoms with van der Waals surface area (Å²) < 4.78 is 5.18. The number of nitrogens with one attached hydrogen (secondary N) is 1. The fourth-order valence-electron chi connectivity index (χ4n) is 2.56. The van der Waals surface area contributed by atoms with Crippen LogP contribution in [-0.2, 0) is 6.42 Å². The predicted molar refractivity (Wildman–Crippen MR) is 82.8 cm³/mol. The van der Waals surface area contributed by atoms with Gasteiger partial charge in [0.15, 0.2) is 0 Å². The molecular weight excluding hydrogens is 264 g/mol. The highest BCUT2D eigenvalue weighted by Crippen LogP contribution is 2.26. The molecule has 3 rings (SSSR count). The summed E-state index contributed by atoms with van der Waals surface area (Å²) >= 11 is 0. The average Bonchev–Trinajstić information content (AvgIpc) is 2.92. The Bertz CT molecular complexity index is 613. The quantitative estimate of drug-likeness (QED) is 0.937. The minimum Gasteiger partial charge on any atom is -0.410 e. The van der Waals surface area contributed by atoms with Crippen molar-refractivity contribution in [3.8, 4) is 5.75 Å². The molecule has 1 heterocycles. The average molecular weight is 282 g/mol. The molecule has 1 aliphatic heterocycles. The molecule has 0 aromatic heterocycles. The lowest BCUT2D eigenvalue weighted by atomic mass is 10.2. The van der Waals surface area contributed by atoms with Crippen molar-refractivity contribution in [3.05, 3.63) is 60.2 Å². The summed E-state index contributed by atoms with van der Waals surface area (Å²) in [7, 11) is 0. The van der Waals surface area contributed by atoms with Crippen molar-refractivity contribution in [1.29, 1.82) is 0 Å². The minimum atomic E-state index is -0.409. The van der Waals surface area contributed by atoms with Crippen LogP contribution in [0.25, 0.3) is 0 Å². The van der Waals surface area contributed by atoms with Gasteiger partial charge in [-0.25, -0.2) is 4.79 Å². The van der Waals surface area contributed by atoms with Gasteiger partial charge in [0.1, 0.15) is 5.75 Å². The first-order valence-corrected chi connectivity index (χ1v) is 7.16. The van der Waals surface area contributed by atoms with Gasteiger partial charge in [0.2, 0.25) is 0 Å². The van der Waals surface area contributed by atoms with Gasteiger partial charge in [-0.15, -0.1) is 0 Å². The van der Waals surface area contributed by atoms with E-state index in [1.54, 1.807) is 12.1 Å². The van der Waals surface area contributed by atoms with E-state index in [1.165, 1.54) is 11.3 Å². The van der Waals surface area contributed by atoms with Crippen molar-refractivity contribution >= 4 is 11.8 Å². The number of rotatable bonds is 4. The van der Waals surface area contributed by atoms with E-state index in [4.69, 9.17) is 4.74 Å². The number of fused-ring (bicyclic) bond motifs is 1. The monoisotopic (exact) mass is 282 g/mol. The van der Waals surface area contributed by atoms with Crippen LogP contribution in [0.1, 0.15) is 5.56 Å². The molecule has 21 heavy (non-hydrogen) atoms. The van der Waals surface area contributed by atoms with Gasteiger partial charge in [0.05, 0.1) is 0 Å². The Morgan fingerprint density at radius 1 is 1.10 bits per heavy atom. The first kappa shape index (κ1) is 13.5. The summed E-state index contributed by atoms with van der Waals surface area (Å²) in [6, 6.07) is 17.5. The zero-order chi connectivity index (χ0) is 14.5. The van der Waals surface area contributed by atoms with Crippen LogP contribution in [0.3, 0.4) is 0 Å². The largest absolute Gasteiger partial charge is 0.412 e. The maximum Gasteiger partial charge on any atom is 0.412 e. The summed E-state index contributed by atoms with van der Waals surface area (Å²) in [5.74, 6) is 0.557. The number of nitrogens with zero attached hydrogens (tertiary/aromatic N) is 1. The Labute approximate surface area is 124 Å². The Morgan fingerprint density at radius 2 is 1.86 bits per heavy atom. The van der Waals surface area contributed by atoms with Gasteiger partial charge in [0.25, 0.3) is 0 Å². The van der Waals surface area contributed by atoms with Gasteiger partial charge in [-0.2, -0.15) is 0 Å². The molecule has 4 heteroatoms. The summed E-state index contributed by atoms with van der Waals surface area (Å²) in [6.07, 6.45) is 0.665. The number of anilines is 1. The van der Waals surface area contributed by atoms with Crippen LogP contribution in [0.4, 0.5) is 10.5 Å². The van der Waals surface area contributed by atoms with E-state index < -0.39 is 6.09 Å². The molecule has 1 N–H and O–H groups in total. The van der Waals surface area contributed by atoms with E-state index in [0.29, 0.717) is 12.3 Å². The fourth-order valence-corrected chi connectivity index (χ4v) is 2.56. The van der Waals surface area contributed by atoms with E-state index in [-0.39, 0.29) is 0 Å². The molecule has 0 atom stereocenters. The minimum absolute atomic E-state index is 0.409. The van der Waals surface area contributed by atoms with Gasteiger partial charge in [0, 0.05) is 25.3 Å². The summed E-state index contributed by atoms with van der Waals surface area (Å²) in [5, 5.41) is 2.79. The van der Waals surface area contributed by atoms with E-state index in [9.17, 15) is 4.79 Å². The molecule has 2 aromatic carbocycles. The summed E-state index contributed by atoms with van der Waals surface area (Å²) in [4.78, 5) is 14.0. The number of para-hydroxylation sites is 2. The zero-order valence-electron chi connectivity index (χ0n) is 11.8. The number of benzene rings is 2. The van der Waals surface area contributed by atoms with E-state index in [0.717, 1.165) is 19.5 Å². The maximum atomic E-state index is 11.7. The normalized spacial score (nSPS) is 12.9. The van der Waals surface area contributed by atoms with Crippen molar-refractivity contribution in [2.45, 2.75) is 6.42 Å². The Kier molecular flexibility index (Phi) is 4.05. The molecule has 0 radical (unpaired) electrons. The number of hydrogen-bond acceptors (Lipinski definition) is 3. The number of hydrogen-bond donors (Lipinski definition) is 1. The maximum absolute atomic E-state index is 11.7. The van der Waals surface area contributed by atoms with Crippen LogP contribution in [0.2, 0.25) is 0 Å². The third-order valence-electron chi connectivity index (χ3n) is 3.59. The molecule has 1 amide bonds. The van der Waals surface area contributed by atoms with Crippen LogP contribution >= 0.6 is 0 Å². The van der Waals surface area contributed by atoms with Gasteiger partial charge in [-0.1, -0.05) is 36.4 Å². The van der Waals surface area contributed by atoms with Crippen molar-refractivity contribution in [3.63, 3.8) is 0 Å². The van der Waals surface area contributed by atoms with Crippen molar-refractivity contribution in [2.75, 3.05) is 24.5 Å². The molecule has 0 spiro atoms. The summed E-state index contributed by atoms with van der Waals surface area (Å²) in [5.41, 5.74) is 2.65. The second-order valence-electron chi connectivity index (χ2n) is 5.00. The van der Waals surface area contributed by atoms with Crippen molar-refractivity contribution in [2.24, 2.45) is 0 Å². The van der Waals surface area contributed by atoms with E-state index in [2.05, 4.69) is 28.4 Å². The molecule has 0 saturated carbocycles. The second kappa shape index (κ2) is 6.31. The molecule has 0 saturated heterocycles. The highest BCUT2D eigenvalue weighted by molar-refractivity contribution is 5.70. The van der Waals surface area contributed by atoms with Crippen molar-refractivity contribution in [1.82, 2.24) is 5.32 Å². The van der Waals surface area contributed by atoms with Crippen LogP contribution in [-0.4, -0.2) is 25.7 Å². The van der Waals surface area contributed by atoms with Crippen LogP contribution in [0.15, 0.2) is 54.6 Å². The SMILES string of the molecule is O=C(NCCN1CCc2ccccc21)Oc1ccccc1. The van der Waals surface area contributed by atoms with E-state index >= 15 is 0 Å². The molecule has 0 aliphatic carbocycles. The Hall–Kier alpha value is -2.49. The lowest BCUT2D eigenvalue weighted by Gasteiger charge is -2.19. The smallest absolute Gasteiger partial charge is 0.410 e. The molecule has 4 nitrogen and oxygen atoms in total. The van der Waals surface area contributed by atoms with E-state index in [1.807, 2.05) is 24.3 Å². The first-order valence-electron chi connectivity index (χ1n) is 7.16. The number of carbonyl (C=O) groups excluding carboxylic acids is 1. The highest BCUT2D eigenvalue weighted by Gasteiger charge is 2.17. The van der Waals surface area contributed by atoms with Gasteiger partial charge in [-0.3, -0.25) is 0 Å². The molecule has 0 fully saturated rings. The molecule has 0 bridgehead atoms. The highest BCUT2D eigenvalue weighted by atomic mass is 16.6. The number of amides is 1. The standard InChI is InChI=1S/C17H18N2O2/c20-17(21-15-7-2-1-3-8-15)18-11-13-19-12-10-14-6-4-5-9-16(14)19/h1-9H,10-13H2,(H,18,20). The predicted octanol–water partition coefficient (Wildman–Crippen LogP) is 2.84. The Morgan fingerprint density at radius 3 is 2.71 bits per heavy atom. The molecule has 0 unspecified atom stereocenters. The lowest BCUT2D eigenvalue weighted by molar-refractivity contribution is 0.201. The topological polar surface area (TPSA) is 41.6 Å². The lowest BCUT2D eigenvalue weighted by Crippen LogP contribution is -2.35. The molecule has 2 aromatic rings. The van der Waals surface area contributed by atoms with Gasteiger partial charge in [-0.05, 0) is 30.2 Å². The number of ether oxygens (including phenoxy) is 1. The first-order chi connectivity index (χ1) is 10.3. The van der Waals surface area contributed by atoms with Gasteiger partial charge >= 0.3 is 6.09 Å². The van der Waals surface area contributed by atoms with Crippen LogP contribution in [0, 0.1) is 0 Å².